The molecular weight excluding hydrogens is 401 g/mol. The summed E-state index contributed by atoms with van der Waals surface area (Å²) in [7, 11) is 0. The maximum atomic E-state index is 13.5. The van der Waals surface area contributed by atoms with Crippen molar-refractivity contribution in [3.8, 4) is 0 Å². The molecule has 0 atom stereocenters. The molecule has 2 amide bonds. The van der Waals surface area contributed by atoms with Gasteiger partial charge in [-0.15, -0.1) is 0 Å². The minimum Gasteiger partial charge on any atom is -0.378 e. The predicted octanol–water partition coefficient (Wildman–Crippen LogP) is 1.51. The lowest BCUT2D eigenvalue weighted by Crippen LogP contribution is -2.59. The zero-order valence-electron chi connectivity index (χ0n) is 17.2. The minimum atomic E-state index is -0.366. The van der Waals surface area contributed by atoms with Crippen molar-refractivity contribution in [2.24, 2.45) is 5.73 Å². The van der Waals surface area contributed by atoms with Crippen molar-refractivity contribution in [3.63, 3.8) is 0 Å². The van der Waals surface area contributed by atoms with Crippen molar-refractivity contribution in [3.05, 3.63) is 59.7 Å². The molecule has 2 aromatic rings. The van der Waals surface area contributed by atoms with Crippen molar-refractivity contribution in [2.45, 2.75) is 12.6 Å². The van der Waals surface area contributed by atoms with Crippen LogP contribution in [0.15, 0.2) is 42.6 Å². The highest BCUT2D eigenvalue weighted by Crippen LogP contribution is 2.21. The Morgan fingerprint density at radius 3 is 2.35 bits per heavy atom. The van der Waals surface area contributed by atoms with Gasteiger partial charge in [0.05, 0.1) is 38.0 Å². The lowest BCUT2D eigenvalue weighted by molar-refractivity contribution is -0.0738. The topological polar surface area (TPSA) is 92.0 Å². The number of amides is 2. The molecule has 31 heavy (non-hydrogen) atoms. The van der Waals surface area contributed by atoms with Crippen molar-refractivity contribution in [1.29, 1.82) is 0 Å². The maximum absolute atomic E-state index is 13.5. The molecule has 3 heterocycles. The molecule has 9 heteroatoms. The number of nitrogens with two attached hydrogens (primary N) is 1. The number of urea groups is 1. The first-order valence-electron chi connectivity index (χ1n) is 10.4. The van der Waals surface area contributed by atoms with E-state index < -0.39 is 0 Å². The van der Waals surface area contributed by atoms with E-state index in [1.807, 2.05) is 4.90 Å². The van der Waals surface area contributed by atoms with Gasteiger partial charge in [0.2, 0.25) is 0 Å². The monoisotopic (exact) mass is 427 g/mol. The Balaban J connectivity index is 1.49. The van der Waals surface area contributed by atoms with Crippen LogP contribution in [0.25, 0.3) is 0 Å². The summed E-state index contributed by atoms with van der Waals surface area (Å²) < 4.78 is 18.7. The number of nitrogens with zero attached hydrogens (tertiary/aromatic N) is 4. The first-order chi connectivity index (χ1) is 15.0. The van der Waals surface area contributed by atoms with Gasteiger partial charge >= 0.3 is 6.03 Å². The van der Waals surface area contributed by atoms with Crippen LogP contribution in [0.2, 0.25) is 0 Å². The molecule has 0 unspecified atom stereocenters. The number of hydrogen-bond acceptors (Lipinski definition) is 6. The Bertz CT molecular complexity index is 910. The van der Waals surface area contributed by atoms with E-state index in [-0.39, 0.29) is 30.7 Å². The van der Waals surface area contributed by atoms with Gasteiger partial charge in [0.15, 0.2) is 5.78 Å². The van der Waals surface area contributed by atoms with E-state index >= 15 is 0 Å². The quantitative estimate of drug-likeness (QED) is 0.703. The molecule has 2 aliphatic rings. The number of pyridine rings is 1. The van der Waals surface area contributed by atoms with Crippen LogP contribution in [0.5, 0.6) is 0 Å². The number of rotatable bonds is 6. The largest absolute Gasteiger partial charge is 0.378 e. The summed E-state index contributed by atoms with van der Waals surface area (Å²) in [6.07, 6.45) is 1.47. The molecule has 0 bridgehead atoms. The molecule has 0 radical (unpaired) electrons. The highest BCUT2D eigenvalue weighted by atomic mass is 19.1. The predicted molar refractivity (Wildman–Crippen MR) is 113 cm³/mol. The van der Waals surface area contributed by atoms with Crippen LogP contribution in [-0.2, 0) is 11.3 Å². The number of hydrogen-bond donors (Lipinski definition) is 1. The summed E-state index contributed by atoms with van der Waals surface area (Å²) >= 11 is 0. The average Bonchev–Trinajstić information content (AvgIpc) is 2.77. The lowest BCUT2D eigenvalue weighted by Gasteiger charge is -2.43. The van der Waals surface area contributed by atoms with Gasteiger partial charge in [-0.1, -0.05) is 0 Å². The molecule has 164 valence electrons. The number of carbonyl (C=O) groups is 2. The van der Waals surface area contributed by atoms with E-state index in [1.165, 1.54) is 18.3 Å². The van der Waals surface area contributed by atoms with Crippen molar-refractivity contribution >= 4 is 17.5 Å². The number of ketones is 1. The summed E-state index contributed by atoms with van der Waals surface area (Å²) in [5.41, 5.74) is 7.04. The molecule has 2 aliphatic heterocycles. The van der Waals surface area contributed by atoms with E-state index in [1.54, 1.807) is 29.2 Å². The Kier molecular flexibility index (Phi) is 6.55. The summed E-state index contributed by atoms with van der Waals surface area (Å²) in [4.78, 5) is 35.2. The van der Waals surface area contributed by atoms with Crippen LogP contribution in [-0.4, -0.2) is 78.6 Å². The molecule has 2 N–H and O–H groups in total. The summed E-state index contributed by atoms with van der Waals surface area (Å²) in [6.45, 7) is 4.46. The van der Waals surface area contributed by atoms with Gasteiger partial charge in [-0.05, 0) is 36.4 Å². The van der Waals surface area contributed by atoms with E-state index in [4.69, 9.17) is 10.5 Å². The summed E-state index contributed by atoms with van der Waals surface area (Å²) in [5.74, 6) is -0.560. The van der Waals surface area contributed by atoms with Gasteiger partial charge in [-0.25, -0.2) is 9.18 Å². The van der Waals surface area contributed by atoms with Crippen molar-refractivity contribution in [1.82, 2.24) is 14.8 Å². The van der Waals surface area contributed by atoms with Gasteiger partial charge in [-0.3, -0.25) is 19.6 Å². The Hall–Kier alpha value is -2.88. The van der Waals surface area contributed by atoms with Gasteiger partial charge in [0, 0.05) is 43.6 Å². The second-order valence-electron chi connectivity index (χ2n) is 7.72. The van der Waals surface area contributed by atoms with Crippen LogP contribution < -0.4 is 10.6 Å². The molecule has 1 aromatic carbocycles. The SMILES string of the molecule is NCC(=O)c1ccc(CN(C(=O)N2CCN(C3COC3)CC2)c2ccc(F)cc2)nc1. The molecule has 1 aromatic heterocycles. The molecule has 0 spiro atoms. The fourth-order valence-electron chi connectivity index (χ4n) is 3.74. The van der Waals surface area contributed by atoms with Gasteiger partial charge in [0.1, 0.15) is 5.82 Å². The number of benzene rings is 1. The standard InChI is InChI=1S/C22H26FN5O3/c23-17-2-5-19(6-3-17)28(13-18-4-1-16(12-25-18)21(29)11-24)22(30)27-9-7-26(8-10-27)20-14-31-15-20/h1-6,12,20H,7-11,13-15,24H2. The smallest absolute Gasteiger partial charge is 0.324 e. The summed E-state index contributed by atoms with van der Waals surface area (Å²) in [5, 5.41) is 0. The number of anilines is 1. The number of Topliss-reactive ketones (excluding diaryl/α,β-unsaturated/α-hetero) is 1. The molecule has 4 rings (SSSR count). The van der Waals surface area contributed by atoms with Crippen molar-refractivity contribution in [2.75, 3.05) is 50.8 Å². The Labute approximate surface area is 180 Å². The minimum absolute atomic E-state index is 0.0832. The lowest BCUT2D eigenvalue weighted by atomic mass is 10.1. The zero-order valence-corrected chi connectivity index (χ0v) is 17.2. The van der Waals surface area contributed by atoms with Gasteiger partial charge in [-0.2, -0.15) is 0 Å². The third kappa shape index (κ3) is 4.90. The normalized spacial score (nSPS) is 17.3. The average molecular weight is 427 g/mol. The van der Waals surface area contributed by atoms with Crippen LogP contribution in [0.1, 0.15) is 16.1 Å². The number of aromatic nitrogens is 1. The van der Waals surface area contributed by atoms with E-state index in [9.17, 15) is 14.0 Å². The molecular formula is C22H26FN5O3. The fraction of sp³-hybridized carbons (Fsp3) is 0.409. The molecule has 2 saturated heterocycles. The fourth-order valence-corrected chi connectivity index (χ4v) is 3.74. The van der Waals surface area contributed by atoms with Crippen LogP contribution in [0.4, 0.5) is 14.9 Å². The third-order valence-corrected chi connectivity index (χ3v) is 5.74. The van der Waals surface area contributed by atoms with E-state index in [0.717, 1.165) is 26.3 Å². The summed E-state index contributed by atoms with van der Waals surface area (Å²) in [6, 6.07) is 9.50. The molecule has 2 fully saturated rings. The number of piperazine rings is 1. The van der Waals surface area contributed by atoms with Crippen molar-refractivity contribution < 1.29 is 18.7 Å². The second kappa shape index (κ2) is 9.51. The van der Waals surface area contributed by atoms with E-state index in [0.29, 0.717) is 36.1 Å². The molecule has 0 aliphatic carbocycles. The Morgan fingerprint density at radius 1 is 1.10 bits per heavy atom. The van der Waals surface area contributed by atoms with E-state index in [2.05, 4.69) is 9.88 Å². The molecule has 0 saturated carbocycles. The number of carbonyl (C=O) groups excluding carboxylic acids is 2. The van der Waals surface area contributed by atoms with Crippen LogP contribution >= 0.6 is 0 Å². The van der Waals surface area contributed by atoms with Gasteiger partial charge in [0.25, 0.3) is 0 Å². The molecule has 8 nitrogen and oxygen atoms in total. The number of halogens is 1. The first kappa shape index (κ1) is 21.4. The second-order valence-corrected chi connectivity index (χ2v) is 7.72. The maximum Gasteiger partial charge on any atom is 0.324 e. The zero-order chi connectivity index (χ0) is 21.8. The highest BCUT2D eigenvalue weighted by molar-refractivity contribution is 5.97. The van der Waals surface area contributed by atoms with Gasteiger partial charge < -0.3 is 15.4 Å². The van der Waals surface area contributed by atoms with Crippen LogP contribution in [0.3, 0.4) is 0 Å². The third-order valence-electron chi connectivity index (χ3n) is 5.74. The highest BCUT2D eigenvalue weighted by Gasteiger charge is 2.32. The number of ether oxygens (including phenoxy) is 1. The first-order valence-corrected chi connectivity index (χ1v) is 10.4. The Morgan fingerprint density at radius 2 is 1.81 bits per heavy atom. The van der Waals surface area contributed by atoms with Crippen LogP contribution in [0, 0.1) is 5.82 Å².